The number of para-hydroxylation sites is 1. The van der Waals surface area contributed by atoms with Gasteiger partial charge in [0.05, 0.1) is 11.9 Å². The molecule has 100 valence electrons. The lowest BCUT2D eigenvalue weighted by Crippen LogP contribution is -2.20. The van der Waals surface area contributed by atoms with Crippen LogP contribution in [0.4, 0.5) is 5.69 Å². The van der Waals surface area contributed by atoms with Crippen LogP contribution in [-0.2, 0) is 17.1 Å². The van der Waals surface area contributed by atoms with E-state index in [0.717, 1.165) is 0 Å². The monoisotopic (exact) mass is 296 g/mol. The van der Waals surface area contributed by atoms with E-state index in [1.807, 2.05) is 0 Å². The number of nitrogens with two attached hydrogens (primary N) is 1. The van der Waals surface area contributed by atoms with E-state index in [4.69, 9.17) is 18.0 Å². The molecule has 0 unspecified atom stereocenters. The van der Waals surface area contributed by atoms with Crippen molar-refractivity contribution in [1.29, 1.82) is 0 Å². The van der Waals surface area contributed by atoms with Gasteiger partial charge in [-0.25, -0.2) is 0 Å². The van der Waals surface area contributed by atoms with Crippen LogP contribution in [0.3, 0.4) is 0 Å². The van der Waals surface area contributed by atoms with Gasteiger partial charge < -0.3 is 5.73 Å². The molecule has 3 N–H and O–H groups in total. The van der Waals surface area contributed by atoms with E-state index in [9.17, 15) is 8.42 Å². The van der Waals surface area contributed by atoms with E-state index in [-0.39, 0.29) is 10.0 Å². The molecule has 0 atom stereocenters. The van der Waals surface area contributed by atoms with Crippen LogP contribution in [0.25, 0.3) is 0 Å². The van der Waals surface area contributed by atoms with Crippen molar-refractivity contribution >= 4 is 32.9 Å². The fourth-order valence-electron chi connectivity index (χ4n) is 1.61. The van der Waals surface area contributed by atoms with Crippen molar-refractivity contribution in [3.8, 4) is 0 Å². The molecule has 2 aromatic rings. The number of aromatic nitrogens is 2. The lowest BCUT2D eigenvalue weighted by atomic mass is 10.2. The maximum Gasteiger partial charge on any atom is 0.279 e. The summed E-state index contributed by atoms with van der Waals surface area (Å²) in [6.07, 6.45) is 1.41. The van der Waals surface area contributed by atoms with Crippen molar-refractivity contribution in [3.63, 3.8) is 0 Å². The quantitative estimate of drug-likeness (QED) is 0.817. The first-order valence-corrected chi connectivity index (χ1v) is 7.20. The molecule has 0 aliphatic carbocycles. The number of anilines is 1. The van der Waals surface area contributed by atoms with Crippen molar-refractivity contribution in [2.24, 2.45) is 12.8 Å². The number of hydrogen-bond acceptors (Lipinski definition) is 4. The Morgan fingerprint density at radius 2 is 2.05 bits per heavy atom. The third-order valence-corrected chi connectivity index (χ3v) is 4.15. The summed E-state index contributed by atoms with van der Waals surface area (Å²) in [7, 11) is -2.17. The summed E-state index contributed by atoms with van der Waals surface area (Å²) in [6.45, 7) is 0. The van der Waals surface area contributed by atoms with Crippen LogP contribution in [0, 0.1) is 0 Å². The van der Waals surface area contributed by atoms with Crippen LogP contribution in [-0.4, -0.2) is 23.2 Å². The number of aryl methyl sites for hydroxylation is 1. The molecule has 0 radical (unpaired) electrons. The molecule has 2 rings (SSSR count). The van der Waals surface area contributed by atoms with Crippen molar-refractivity contribution in [2.75, 3.05) is 4.72 Å². The molecule has 0 spiro atoms. The van der Waals surface area contributed by atoms with Crippen molar-refractivity contribution in [1.82, 2.24) is 9.78 Å². The van der Waals surface area contributed by atoms with Crippen LogP contribution in [0.1, 0.15) is 5.56 Å². The SMILES string of the molecule is Cn1nccc1S(=O)(=O)Nc1ccccc1C(N)=S. The molecule has 1 aromatic heterocycles. The first-order valence-electron chi connectivity index (χ1n) is 5.31. The molecule has 0 amide bonds. The number of nitrogens with zero attached hydrogens (tertiary/aromatic N) is 2. The third-order valence-electron chi connectivity index (χ3n) is 2.49. The molecule has 0 aliphatic heterocycles. The number of benzene rings is 1. The summed E-state index contributed by atoms with van der Waals surface area (Å²) in [5.41, 5.74) is 6.38. The second-order valence-electron chi connectivity index (χ2n) is 3.81. The van der Waals surface area contributed by atoms with Gasteiger partial charge in [-0.1, -0.05) is 24.4 Å². The lowest BCUT2D eigenvalue weighted by molar-refractivity contribution is 0.582. The molecule has 0 saturated carbocycles. The van der Waals surface area contributed by atoms with Gasteiger partial charge in [-0.2, -0.15) is 13.5 Å². The Morgan fingerprint density at radius 1 is 1.37 bits per heavy atom. The summed E-state index contributed by atoms with van der Waals surface area (Å²) >= 11 is 4.89. The molecule has 0 fully saturated rings. The minimum absolute atomic E-state index is 0.0604. The van der Waals surface area contributed by atoms with Gasteiger partial charge in [0.2, 0.25) is 0 Å². The average Bonchev–Trinajstić information content (AvgIpc) is 2.76. The molecule has 19 heavy (non-hydrogen) atoms. The molecule has 8 heteroatoms. The minimum atomic E-state index is -3.72. The largest absolute Gasteiger partial charge is 0.389 e. The normalized spacial score (nSPS) is 11.2. The maximum atomic E-state index is 12.2. The zero-order valence-corrected chi connectivity index (χ0v) is 11.7. The Hall–Kier alpha value is -1.93. The number of sulfonamides is 1. The van der Waals surface area contributed by atoms with Crippen LogP contribution in [0.5, 0.6) is 0 Å². The molecular formula is C11H12N4O2S2. The van der Waals surface area contributed by atoms with Crippen LogP contribution < -0.4 is 10.5 Å². The van der Waals surface area contributed by atoms with Gasteiger partial charge in [-0.05, 0) is 18.2 Å². The number of nitrogens with one attached hydrogen (secondary N) is 1. The zero-order valence-electron chi connectivity index (χ0n) is 10.1. The summed E-state index contributed by atoms with van der Waals surface area (Å²) in [4.78, 5) is 0.128. The number of rotatable bonds is 4. The van der Waals surface area contributed by atoms with Gasteiger partial charge in [0.25, 0.3) is 10.0 Å². The van der Waals surface area contributed by atoms with E-state index in [1.165, 1.54) is 16.9 Å². The van der Waals surface area contributed by atoms with E-state index in [0.29, 0.717) is 11.3 Å². The Balaban J connectivity index is 2.42. The summed E-state index contributed by atoms with van der Waals surface area (Å²) in [5.74, 6) is 0. The van der Waals surface area contributed by atoms with Gasteiger partial charge >= 0.3 is 0 Å². The van der Waals surface area contributed by atoms with Crippen LogP contribution in [0.15, 0.2) is 41.6 Å². The highest BCUT2D eigenvalue weighted by molar-refractivity contribution is 7.92. The van der Waals surface area contributed by atoms with E-state index >= 15 is 0 Å². The number of hydrogen-bond donors (Lipinski definition) is 2. The maximum absolute atomic E-state index is 12.2. The fraction of sp³-hybridized carbons (Fsp3) is 0.0909. The van der Waals surface area contributed by atoms with Crippen LogP contribution >= 0.6 is 12.2 Å². The Morgan fingerprint density at radius 3 is 2.63 bits per heavy atom. The highest BCUT2D eigenvalue weighted by Gasteiger charge is 2.19. The predicted octanol–water partition coefficient (Wildman–Crippen LogP) is 0.855. The molecule has 6 nitrogen and oxygen atoms in total. The predicted molar refractivity (Wildman–Crippen MR) is 76.3 cm³/mol. The number of thiocarbonyl (C=S) groups is 1. The summed E-state index contributed by atoms with van der Waals surface area (Å²) in [5, 5.41) is 3.89. The van der Waals surface area contributed by atoms with Crippen molar-refractivity contribution < 1.29 is 8.42 Å². The van der Waals surface area contributed by atoms with Crippen LogP contribution in [0.2, 0.25) is 0 Å². The average molecular weight is 296 g/mol. The van der Waals surface area contributed by atoms with Gasteiger partial charge in [0.15, 0.2) is 5.03 Å². The highest BCUT2D eigenvalue weighted by atomic mass is 32.2. The Labute approximate surface area is 116 Å². The smallest absolute Gasteiger partial charge is 0.279 e. The Bertz CT molecular complexity index is 722. The van der Waals surface area contributed by atoms with Gasteiger partial charge in [0.1, 0.15) is 4.99 Å². The van der Waals surface area contributed by atoms with Crippen molar-refractivity contribution in [3.05, 3.63) is 42.1 Å². The summed E-state index contributed by atoms with van der Waals surface area (Å²) in [6, 6.07) is 8.09. The lowest BCUT2D eigenvalue weighted by Gasteiger charge is -2.11. The van der Waals surface area contributed by atoms with Gasteiger partial charge in [0, 0.05) is 12.6 Å². The minimum Gasteiger partial charge on any atom is -0.389 e. The van der Waals surface area contributed by atoms with E-state index in [2.05, 4.69) is 9.82 Å². The fourth-order valence-corrected chi connectivity index (χ4v) is 2.99. The second kappa shape index (κ2) is 4.98. The molecule has 1 aromatic carbocycles. The molecule has 0 saturated heterocycles. The topological polar surface area (TPSA) is 90.0 Å². The molecular weight excluding hydrogens is 284 g/mol. The van der Waals surface area contributed by atoms with Crippen molar-refractivity contribution in [2.45, 2.75) is 5.03 Å². The van der Waals surface area contributed by atoms with Gasteiger partial charge in [-0.15, -0.1) is 0 Å². The zero-order chi connectivity index (χ0) is 14.0. The molecule has 1 heterocycles. The second-order valence-corrected chi connectivity index (χ2v) is 5.88. The molecule has 0 aliphatic rings. The van der Waals surface area contributed by atoms with Gasteiger partial charge in [-0.3, -0.25) is 9.40 Å². The van der Waals surface area contributed by atoms with E-state index in [1.54, 1.807) is 31.3 Å². The Kier molecular flexibility index (Phi) is 3.54. The summed E-state index contributed by atoms with van der Waals surface area (Å²) < 4.78 is 28.1. The first-order chi connectivity index (χ1) is 8.92. The highest BCUT2D eigenvalue weighted by Crippen LogP contribution is 2.19. The third kappa shape index (κ3) is 2.74. The standard InChI is InChI=1S/C11H12N4O2S2/c1-15-10(6-7-13-15)19(16,17)14-9-5-3-2-4-8(9)11(12)18/h2-7,14H,1H3,(H2,12,18). The first kappa shape index (κ1) is 13.5. The van der Waals surface area contributed by atoms with E-state index < -0.39 is 10.0 Å². The molecule has 0 bridgehead atoms.